The van der Waals surface area contributed by atoms with E-state index in [1.165, 1.54) is 7.11 Å². The topological polar surface area (TPSA) is 103 Å². The van der Waals surface area contributed by atoms with E-state index in [4.69, 9.17) is 4.74 Å². The van der Waals surface area contributed by atoms with Crippen LogP contribution < -0.4 is 10.1 Å². The van der Waals surface area contributed by atoms with Crippen molar-refractivity contribution in [2.24, 2.45) is 5.92 Å². The fraction of sp³-hybridized carbons (Fsp3) is 0.200. The molecular weight excluding hydrogens is 330 g/mol. The van der Waals surface area contributed by atoms with Gasteiger partial charge in [-0.2, -0.15) is 10.5 Å². The summed E-state index contributed by atoms with van der Waals surface area (Å²) in [6.07, 6.45) is -0.156. The lowest BCUT2D eigenvalue weighted by molar-refractivity contribution is -0.120. The molecule has 0 aliphatic carbocycles. The number of rotatable bonds is 6. The molecule has 0 spiro atoms. The van der Waals surface area contributed by atoms with Crippen LogP contribution in [0.15, 0.2) is 54.6 Å². The third kappa shape index (κ3) is 4.46. The predicted molar refractivity (Wildman–Crippen MR) is 94.0 cm³/mol. The molecule has 0 saturated carbocycles. The van der Waals surface area contributed by atoms with E-state index in [2.05, 4.69) is 5.32 Å². The van der Waals surface area contributed by atoms with Crippen LogP contribution in [-0.2, 0) is 4.79 Å². The van der Waals surface area contributed by atoms with Gasteiger partial charge in [-0.05, 0) is 17.7 Å². The van der Waals surface area contributed by atoms with E-state index >= 15 is 0 Å². The normalized spacial score (nSPS) is 11.1. The monoisotopic (exact) mass is 347 g/mol. The van der Waals surface area contributed by atoms with Crippen molar-refractivity contribution in [3.05, 3.63) is 65.7 Å². The van der Waals surface area contributed by atoms with Crippen LogP contribution in [-0.4, -0.2) is 18.9 Å². The summed E-state index contributed by atoms with van der Waals surface area (Å²) in [5, 5.41) is 20.7. The van der Waals surface area contributed by atoms with Crippen LogP contribution in [0.2, 0.25) is 0 Å². The Hall–Kier alpha value is -3.64. The molecule has 0 fully saturated rings. The summed E-state index contributed by atoms with van der Waals surface area (Å²) in [6.45, 7) is 0. The first-order valence-corrected chi connectivity index (χ1v) is 7.92. The van der Waals surface area contributed by atoms with Crippen molar-refractivity contribution >= 4 is 11.8 Å². The Balaban J connectivity index is 2.16. The number of amides is 2. The van der Waals surface area contributed by atoms with Crippen LogP contribution >= 0.6 is 0 Å². The van der Waals surface area contributed by atoms with E-state index in [0.29, 0.717) is 11.3 Å². The largest absolute Gasteiger partial charge is 0.496 e. The van der Waals surface area contributed by atoms with Gasteiger partial charge in [0.15, 0.2) is 0 Å². The van der Waals surface area contributed by atoms with Crippen LogP contribution in [0.4, 0.5) is 0 Å². The van der Waals surface area contributed by atoms with Crippen molar-refractivity contribution in [1.82, 2.24) is 5.32 Å². The van der Waals surface area contributed by atoms with Crippen LogP contribution in [0.1, 0.15) is 28.3 Å². The van der Waals surface area contributed by atoms with Crippen molar-refractivity contribution < 1.29 is 14.3 Å². The molecule has 130 valence electrons. The van der Waals surface area contributed by atoms with Crippen LogP contribution in [0.25, 0.3) is 0 Å². The molecule has 6 nitrogen and oxygen atoms in total. The Morgan fingerprint density at radius 2 is 1.65 bits per heavy atom. The molecule has 2 aromatic rings. The Labute approximate surface area is 151 Å². The van der Waals surface area contributed by atoms with Crippen LogP contribution in [0.5, 0.6) is 5.75 Å². The molecule has 1 atom stereocenters. The number of para-hydroxylation sites is 1. The fourth-order valence-corrected chi connectivity index (χ4v) is 2.61. The number of nitrogens with zero attached hydrogens (tertiary/aromatic N) is 2. The van der Waals surface area contributed by atoms with Gasteiger partial charge in [-0.1, -0.05) is 42.5 Å². The summed E-state index contributed by atoms with van der Waals surface area (Å²) in [6, 6.07) is 19.2. The summed E-state index contributed by atoms with van der Waals surface area (Å²) in [7, 11) is 1.43. The molecule has 1 N–H and O–H groups in total. The summed E-state index contributed by atoms with van der Waals surface area (Å²) < 4.78 is 5.11. The highest BCUT2D eigenvalue weighted by atomic mass is 16.5. The van der Waals surface area contributed by atoms with Crippen molar-refractivity contribution in [1.29, 1.82) is 10.5 Å². The molecule has 6 heteroatoms. The molecule has 0 radical (unpaired) electrons. The molecule has 0 bridgehead atoms. The number of imide groups is 1. The van der Waals surface area contributed by atoms with Gasteiger partial charge in [-0.15, -0.1) is 0 Å². The predicted octanol–water partition coefficient (Wildman–Crippen LogP) is 2.79. The third-order valence-corrected chi connectivity index (χ3v) is 3.92. The standard InChI is InChI=1S/C20H17N3O3/c1-26-18-10-6-5-9-16(18)20(25)23-19(24)11-17(15(12-21)13-22)14-7-3-2-4-8-14/h2-10,15,17H,11H2,1H3,(H,23,24,25)/t17-/m1/s1. The number of nitrogens with one attached hydrogen (secondary N) is 1. The van der Waals surface area contributed by atoms with E-state index in [1.807, 2.05) is 12.1 Å². The maximum atomic E-state index is 12.4. The zero-order valence-electron chi connectivity index (χ0n) is 14.2. The lowest BCUT2D eigenvalue weighted by atomic mass is 9.85. The minimum absolute atomic E-state index is 0.156. The second kappa shape index (κ2) is 9.00. The van der Waals surface area contributed by atoms with E-state index in [9.17, 15) is 20.1 Å². The molecular formula is C20H17N3O3. The molecule has 0 saturated heterocycles. The lowest BCUT2D eigenvalue weighted by Gasteiger charge is -2.17. The zero-order chi connectivity index (χ0) is 18.9. The number of nitriles is 2. The number of methoxy groups -OCH3 is 1. The van der Waals surface area contributed by atoms with Gasteiger partial charge in [0.1, 0.15) is 11.7 Å². The Morgan fingerprint density at radius 1 is 1.04 bits per heavy atom. The smallest absolute Gasteiger partial charge is 0.261 e. The summed E-state index contributed by atoms with van der Waals surface area (Å²) in [5.74, 6) is -2.43. The molecule has 0 heterocycles. The second-order valence-corrected chi connectivity index (χ2v) is 5.53. The first-order chi connectivity index (χ1) is 12.6. The van der Waals surface area contributed by atoms with Crippen molar-refractivity contribution in [2.45, 2.75) is 12.3 Å². The summed E-state index contributed by atoms with van der Waals surface area (Å²) >= 11 is 0. The van der Waals surface area contributed by atoms with Crippen LogP contribution in [0.3, 0.4) is 0 Å². The minimum Gasteiger partial charge on any atom is -0.496 e. The quantitative estimate of drug-likeness (QED) is 0.865. The number of hydrogen-bond donors (Lipinski definition) is 1. The highest BCUT2D eigenvalue weighted by molar-refractivity contribution is 6.06. The second-order valence-electron chi connectivity index (χ2n) is 5.53. The molecule has 2 rings (SSSR count). The highest BCUT2D eigenvalue weighted by Crippen LogP contribution is 2.27. The summed E-state index contributed by atoms with van der Waals surface area (Å²) in [5.41, 5.74) is 0.928. The minimum atomic E-state index is -0.996. The highest BCUT2D eigenvalue weighted by Gasteiger charge is 2.27. The number of benzene rings is 2. The van der Waals surface area contributed by atoms with Gasteiger partial charge in [0.25, 0.3) is 5.91 Å². The average molecular weight is 347 g/mol. The Bertz CT molecular complexity index is 852. The molecule has 0 aromatic heterocycles. The average Bonchev–Trinajstić information content (AvgIpc) is 2.68. The molecule has 2 amide bonds. The van der Waals surface area contributed by atoms with E-state index in [-0.39, 0.29) is 12.0 Å². The first kappa shape index (κ1) is 18.7. The number of ether oxygens (including phenoxy) is 1. The molecule has 0 aliphatic heterocycles. The van der Waals surface area contributed by atoms with Gasteiger partial charge >= 0.3 is 0 Å². The molecule has 2 aromatic carbocycles. The van der Waals surface area contributed by atoms with Gasteiger partial charge in [0, 0.05) is 12.3 Å². The Morgan fingerprint density at radius 3 is 2.27 bits per heavy atom. The van der Waals surface area contributed by atoms with Crippen molar-refractivity contribution in [3.8, 4) is 17.9 Å². The van der Waals surface area contributed by atoms with Gasteiger partial charge in [-0.3, -0.25) is 14.9 Å². The van der Waals surface area contributed by atoms with E-state index in [0.717, 1.165) is 0 Å². The summed E-state index contributed by atoms with van der Waals surface area (Å²) in [4.78, 5) is 24.7. The third-order valence-electron chi connectivity index (χ3n) is 3.92. The number of carbonyl (C=O) groups excluding carboxylic acids is 2. The number of hydrogen-bond acceptors (Lipinski definition) is 5. The fourth-order valence-electron chi connectivity index (χ4n) is 2.61. The zero-order valence-corrected chi connectivity index (χ0v) is 14.2. The van der Waals surface area contributed by atoms with Crippen LogP contribution in [0, 0.1) is 28.6 Å². The maximum absolute atomic E-state index is 12.4. The van der Waals surface area contributed by atoms with E-state index in [1.54, 1.807) is 54.6 Å². The van der Waals surface area contributed by atoms with Crippen molar-refractivity contribution in [2.75, 3.05) is 7.11 Å². The molecule has 0 aliphatic rings. The lowest BCUT2D eigenvalue weighted by Crippen LogP contribution is -2.32. The Kier molecular flexibility index (Phi) is 6.47. The van der Waals surface area contributed by atoms with Gasteiger partial charge < -0.3 is 4.74 Å². The van der Waals surface area contributed by atoms with Gasteiger partial charge in [0.05, 0.1) is 24.8 Å². The van der Waals surface area contributed by atoms with Gasteiger partial charge in [0.2, 0.25) is 5.91 Å². The molecule has 0 unspecified atom stereocenters. The SMILES string of the molecule is COc1ccccc1C(=O)NC(=O)C[C@H](c1ccccc1)C(C#N)C#N. The van der Waals surface area contributed by atoms with Crippen molar-refractivity contribution in [3.63, 3.8) is 0 Å². The maximum Gasteiger partial charge on any atom is 0.261 e. The van der Waals surface area contributed by atoms with E-state index < -0.39 is 23.7 Å². The van der Waals surface area contributed by atoms with Gasteiger partial charge in [-0.25, -0.2) is 0 Å². The molecule has 26 heavy (non-hydrogen) atoms. The first-order valence-electron chi connectivity index (χ1n) is 7.92. The number of carbonyl (C=O) groups is 2.